The van der Waals surface area contributed by atoms with Crippen LogP contribution in [0, 0.1) is 0 Å². The van der Waals surface area contributed by atoms with Crippen molar-refractivity contribution in [1.29, 1.82) is 0 Å². The van der Waals surface area contributed by atoms with Crippen LogP contribution >= 0.6 is 0 Å². The van der Waals surface area contributed by atoms with Crippen molar-refractivity contribution in [2.45, 2.75) is 33.2 Å². The maximum absolute atomic E-state index is 12.7. The zero-order chi connectivity index (χ0) is 22.2. The van der Waals surface area contributed by atoms with Crippen molar-refractivity contribution in [3.63, 3.8) is 0 Å². The van der Waals surface area contributed by atoms with Crippen LogP contribution in [0.5, 0.6) is 5.75 Å². The number of nitrogens with one attached hydrogen (secondary N) is 1. The normalized spacial score (nSPS) is 10.8. The molecule has 1 heterocycles. The molecular formula is C24H30N4O3. The summed E-state index contributed by atoms with van der Waals surface area (Å²) in [4.78, 5) is 31.7. The lowest BCUT2D eigenvalue weighted by molar-refractivity contribution is -0.131. The number of carbonyl (C=O) groups is 2. The van der Waals surface area contributed by atoms with Crippen molar-refractivity contribution in [2.75, 3.05) is 26.7 Å². The SMILES string of the molecule is CCN(CC)C(=O)Cn1c(CCCNC(=O)c2cccc(OC)c2)nc2ccccc21. The minimum atomic E-state index is -0.135. The fraction of sp³-hybridized carbons (Fsp3) is 0.375. The fourth-order valence-corrected chi connectivity index (χ4v) is 3.62. The summed E-state index contributed by atoms with van der Waals surface area (Å²) in [6, 6.07) is 14.9. The van der Waals surface area contributed by atoms with Crippen molar-refractivity contribution in [2.24, 2.45) is 0 Å². The van der Waals surface area contributed by atoms with E-state index in [0.29, 0.717) is 37.4 Å². The van der Waals surface area contributed by atoms with E-state index in [-0.39, 0.29) is 18.4 Å². The maximum Gasteiger partial charge on any atom is 0.251 e. The van der Waals surface area contributed by atoms with E-state index in [4.69, 9.17) is 9.72 Å². The molecule has 31 heavy (non-hydrogen) atoms. The van der Waals surface area contributed by atoms with E-state index in [2.05, 4.69) is 5.32 Å². The number of rotatable bonds is 10. The Hall–Kier alpha value is -3.35. The number of amides is 2. The number of hydrogen-bond donors (Lipinski definition) is 1. The van der Waals surface area contributed by atoms with Gasteiger partial charge >= 0.3 is 0 Å². The highest BCUT2D eigenvalue weighted by Crippen LogP contribution is 2.18. The molecule has 164 valence electrons. The number of likely N-dealkylation sites (N-methyl/N-ethyl adjacent to an activating group) is 1. The summed E-state index contributed by atoms with van der Waals surface area (Å²) in [5, 5.41) is 2.94. The third kappa shape index (κ3) is 5.42. The topological polar surface area (TPSA) is 76.5 Å². The summed E-state index contributed by atoms with van der Waals surface area (Å²) in [5.74, 6) is 1.46. The fourth-order valence-electron chi connectivity index (χ4n) is 3.62. The molecule has 7 nitrogen and oxygen atoms in total. The van der Waals surface area contributed by atoms with Gasteiger partial charge in [0.15, 0.2) is 0 Å². The first-order valence-electron chi connectivity index (χ1n) is 10.7. The minimum Gasteiger partial charge on any atom is -0.497 e. The molecular weight excluding hydrogens is 392 g/mol. The number of nitrogens with zero attached hydrogens (tertiary/aromatic N) is 3. The maximum atomic E-state index is 12.7. The molecule has 0 spiro atoms. The largest absolute Gasteiger partial charge is 0.497 e. The number of imidazole rings is 1. The van der Waals surface area contributed by atoms with E-state index in [1.54, 1.807) is 31.4 Å². The van der Waals surface area contributed by atoms with E-state index in [0.717, 1.165) is 23.3 Å². The number of carbonyl (C=O) groups excluding carboxylic acids is 2. The molecule has 0 saturated carbocycles. The summed E-state index contributed by atoms with van der Waals surface area (Å²) in [6.45, 7) is 6.14. The molecule has 0 aliphatic rings. The van der Waals surface area contributed by atoms with Crippen molar-refractivity contribution in [1.82, 2.24) is 19.8 Å². The molecule has 3 rings (SSSR count). The molecule has 1 N–H and O–H groups in total. The molecule has 3 aromatic rings. The monoisotopic (exact) mass is 422 g/mol. The predicted molar refractivity (Wildman–Crippen MR) is 121 cm³/mol. The highest BCUT2D eigenvalue weighted by Gasteiger charge is 2.16. The van der Waals surface area contributed by atoms with Gasteiger partial charge in [0.2, 0.25) is 5.91 Å². The number of para-hydroxylation sites is 2. The molecule has 0 radical (unpaired) electrons. The minimum absolute atomic E-state index is 0.0840. The number of methoxy groups -OCH3 is 1. The Bertz CT molecular complexity index is 1040. The lowest BCUT2D eigenvalue weighted by atomic mass is 10.2. The summed E-state index contributed by atoms with van der Waals surface area (Å²) < 4.78 is 7.17. The molecule has 0 unspecified atom stereocenters. The number of fused-ring (bicyclic) bond motifs is 1. The molecule has 0 bridgehead atoms. The van der Waals surface area contributed by atoms with Crippen LogP contribution in [0.4, 0.5) is 0 Å². The van der Waals surface area contributed by atoms with Crippen LogP contribution in [0.1, 0.15) is 36.5 Å². The standard InChI is InChI=1S/C24H30N4O3/c1-4-27(5-2)23(29)17-28-21-13-7-6-12-20(21)26-22(28)14-9-15-25-24(30)18-10-8-11-19(16-18)31-3/h6-8,10-13,16H,4-5,9,14-15,17H2,1-3H3,(H,25,30). The number of ether oxygens (including phenoxy) is 1. The van der Waals surface area contributed by atoms with Crippen molar-refractivity contribution in [3.8, 4) is 5.75 Å². The van der Waals surface area contributed by atoms with Crippen molar-refractivity contribution >= 4 is 22.8 Å². The Balaban J connectivity index is 1.65. The quantitative estimate of drug-likeness (QED) is 0.509. The summed E-state index contributed by atoms with van der Waals surface area (Å²) in [6.07, 6.45) is 1.39. The number of aryl methyl sites for hydroxylation is 1. The van der Waals surface area contributed by atoms with Crippen LogP contribution in [0.25, 0.3) is 11.0 Å². The number of benzene rings is 2. The van der Waals surface area contributed by atoms with Crippen LogP contribution in [0.2, 0.25) is 0 Å². The third-order valence-electron chi connectivity index (χ3n) is 5.34. The van der Waals surface area contributed by atoms with Gasteiger partial charge in [0.05, 0.1) is 18.1 Å². The van der Waals surface area contributed by atoms with Crippen molar-refractivity contribution < 1.29 is 14.3 Å². The van der Waals surface area contributed by atoms with Crippen LogP contribution in [0.3, 0.4) is 0 Å². The molecule has 0 atom stereocenters. The van der Waals surface area contributed by atoms with Gasteiger partial charge in [-0.3, -0.25) is 9.59 Å². The summed E-state index contributed by atoms with van der Waals surface area (Å²) >= 11 is 0. The van der Waals surface area contributed by atoms with Gasteiger partial charge in [0.1, 0.15) is 18.1 Å². The van der Waals surface area contributed by atoms with E-state index in [9.17, 15) is 9.59 Å². The second kappa shape index (κ2) is 10.6. The van der Waals surface area contributed by atoms with Gasteiger partial charge in [-0.1, -0.05) is 18.2 Å². The summed E-state index contributed by atoms with van der Waals surface area (Å²) in [5.41, 5.74) is 2.40. The smallest absolute Gasteiger partial charge is 0.251 e. The Morgan fingerprint density at radius 3 is 2.61 bits per heavy atom. The molecule has 0 fully saturated rings. The van der Waals surface area contributed by atoms with E-state index in [1.807, 2.05) is 47.6 Å². The van der Waals surface area contributed by atoms with Gasteiger partial charge in [0, 0.05) is 31.6 Å². The van der Waals surface area contributed by atoms with Crippen LogP contribution in [0.15, 0.2) is 48.5 Å². The van der Waals surface area contributed by atoms with Gasteiger partial charge < -0.3 is 19.5 Å². The highest BCUT2D eigenvalue weighted by molar-refractivity contribution is 5.94. The Kier molecular flexibility index (Phi) is 7.65. The van der Waals surface area contributed by atoms with Gasteiger partial charge in [-0.25, -0.2) is 4.98 Å². The molecule has 0 aliphatic carbocycles. The van der Waals surface area contributed by atoms with Crippen LogP contribution in [-0.2, 0) is 17.8 Å². The van der Waals surface area contributed by atoms with E-state index < -0.39 is 0 Å². The van der Waals surface area contributed by atoms with Gasteiger partial charge in [-0.2, -0.15) is 0 Å². The lowest BCUT2D eigenvalue weighted by Gasteiger charge is -2.20. The molecule has 1 aromatic heterocycles. The Morgan fingerprint density at radius 2 is 1.87 bits per heavy atom. The Morgan fingerprint density at radius 1 is 1.10 bits per heavy atom. The van der Waals surface area contributed by atoms with Gasteiger partial charge in [-0.05, 0) is 50.6 Å². The number of hydrogen-bond acceptors (Lipinski definition) is 4. The van der Waals surface area contributed by atoms with E-state index in [1.165, 1.54) is 0 Å². The highest BCUT2D eigenvalue weighted by atomic mass is 16.5. The Labute approximate surface area is 183 Å². The van der Waals surface area contributed by atoms with Crippen LogP contribution < -0.4 is 10.1 Å². The first-order valence-corrected chi connectivity index (χ1v) is 10.7. The van der Waals surface area contributed by atoms with Crippen LogP contribution in [-0.4, -0.2) is 53.0 Å². The molecule has 2 aromatic carbocycles. The zero-order valence-electron chi connectivity index (χ0n) is 18.4. The second-order valence-corrected chi connectivity index (χ2v) is 7.26. The third-order valence-corrected chi connectivity index (χ3v) is 5.34. The van der Waals surface area contributed by atoms with Gasteiger partial charge in [0.25, 0.3) is 5.91 Å². The average Bonchev–Trinajstić information content (AvgIpc) is 3.14. The summed E-state index contributed by atoms with van der Waals surface area (Å²) in [7, 11) is 1.58. The molecule has 0 aliphatic heterocycles. The molecule has 2 amide bonds. The number of aromatic nitrogens is 2. The van der Waals surface area contributed by atoms with Crippen molar-refractivity contribution in [3.05, 3.63) is 59.9 Å². The van der Waals surface area contributed by atoms with Gasteiger partial charge in [-0.15, -0.1) is 0 Å². The predicted octanol–water partition coefficient (Wildman–Crippen LogP) is 3.28. The molecule has 0 saturated heterocycles. The zero-order valence-corrected chi connectivity index (χ0v) is 18.4. The first kappa shape index (κ1) is 22.3. The van der Waals surface area contributed by atoms with E-state index >= 15 is 0 Å². The molecule has 7 heteroatoms. The average molecular weight is 423 g/mol. The lowest BCUT2D eigenvalue weighted by Crippen LogP contribution is -2.33. The second-order valence-electron chi connectivity index (χ2n) is 7.26. The first-order chi connectivity index (χ1) is 15.1.